The highest BCUT2D eigenvalue weighted by Crippen LogP contribution is 2.60. The van der Waals surface area contributed by atoms with E-state index >= 15 is 0 Å². The molecule has 5 aliphatic rings. The average molecular weight is 1350 g/mol. The van der Waals surface area contributed by atoms with Crippen LogP contribution in [0.5, 0.6) is 0 Å². The van der Waals surface area contributed by atoms with Gasteiger partial charge in [-0.05, 0) is 159 Å². The second kappa shape index (κ2) is 24.6. The SMILES string of the molecule is c1ccc(-c2nc(-c3ccc(-c4ccc5c(c4)-c4ccccc4C5(c4ccccc4)c4ccccc4)cc3)cc(-c3ccc4c(c3)C3c5ccccc5C4c4cc(-c5cc(-c6ccc(-c7ccc8c(c7)-c7ccccc7C8(c7ccccc7)c7ccccc7)cc6)nc(-c6ccccc6)n5)ccc43)n2)cc1. The van der Waals surface area contributed by atoms with E-state index in [1.54, 1.807) is 0 Å². The summed E-state index contributed by atoms with van der Waals surface area (Å²) in [5.41, 5.74) is 36.6. The molecular weight excluding hydrogens is 1280 g/mol. The molecule has 0 spiro atoms. The summed E-state index contributed by atoms with van der Waals surface area (Å²) in [6.07, 6.45) is 0. The van der Waals surface area contributed by atoms with Crippen molar-refractivity contribution >= 4 is 0 Å². The molecule has 2 bridgehead atoms. The predicted octanol–water partition coefficient (Wildman–Crippen LogP) is 24.3. The van der Waals surface area contributed by atoms with Gasteiger partial charge in [-0.15, -0.1) is 0 Å². The molecule has 0 aliphatic heterocycles. The Morgan fingerprint density at radius 3 is 0.811 bits per heavy atom. The van der Waals surface area contributed by atoms with Gasteiger partial charge in [0.1, 0.15) is 0 Å². The predicted molar refractivity (Wildman–Crippen MR) is 430 cm³/mol. The Hall–Kier alpha value is -13.5. The van der Waals surface area contributed by atoms with Gasteiger partial charge in [-0.2, -0.15) is 0 Å². The lowest BCUT2D eigenvalue weighted by Gasteiger charge is -2.42. The Balaban J connectivity index is 0.615. The third-order valence-electron chi connectivity index (χ3n) is 23.1. The molecule has 0 N–H and O–H groups in total. The Morgan fingerprint density at radius 2 is 0.443 bits per heavy atom. The van der Waals surface area contributed by atoms with Crippen molar-refractivity contribution in [2.75, 3.05) is 0 Å². The van der Waals surface area contributed by atoms with Crippen molar-refractivity contribution in [2.45, 2.75) is 22.7 Å². The van der Waals surface area contributed by atoms with Crippen LogP contribution in [0.25, 0.3) is 112 Å². The van der Waals surface area contributed by atoms with Gasteiger partial charge in [0.05, 0.1) is 33.6 Å². The van der Waals surface area contributed by atoms with Crippen LogP contribution in [0, 0.1) is 0 Å². The molecule has 4 nitrogen and oxygen atoms in total. The summed E-state index contributed by atoms with van der Waals surface area (Å²) in [5.74, 6) is 1.40. The standard InChI is InChI=1S/C102H66N4/c1-7-25-69(26-8-1)99-103-93(67-47-43-65(44-48-67)71-53-57-91-85(59-71)79-37-21-23-41-89(79)101(91,75-29-11-3-12-30-75)76-31-13-4-14-32-76)63-95(105-99)73-51-55-83-87(61-73)97-81-39-19-20-40-82(81)98(83)88-62-74(52-56-84(88)97)96-64-94(104-100(106-96)70-27-9-2-10-28-70)68-49-45-66(46-50-68)72-54-58-92-86(60-72)80-38-22-24-42-90(80)102(92,77-33-15-5-16-34-77)78-35-17-6-18-36-78/h1-64,97-98H. The highest BCUT2D eigenvalue weighted by molar-refractivity contribution is 5.92. The number of aromatic nitrogens is 4. The topological polar surface area (TPSA) is 51.6 Å². The maximum Gasteiger partial charge on any atom is 0.160 e. The summed E-state index contributed by atoms with van der Waals surface area (Å²) in [6.45, 7) is 0. The molecule has 2 atom stereocenters. The molecule has 494 valence electrons. The molecule has 22 rings (SSSR count). The first-order chi connectivity index (χ1) is 52.5. The van der Waals surface area contributed by atoms with Gasteiger partial charge in [0, 0.05) is 45.2 Å². The lowest BCUT2D eigenvalue weighted by molar-refractivity contribution is 0.755. The Kier molecular flexibility index (Phi) is 14.2. The number of rotatable bonds is 12. The first-order valence-electron chi connectivity index (χ1n) is 36.7. The van der Waals surface area contributed by atoms with Crippen molar-refractivity contribution in [1.29, 1.82) is 0 Å². The minimum absolute atomic E-state index is 0.0125. The summed E-state index contributed by atoms with van der Waals surface area (Å²) in [7, 11) is 0. The fourth-order valence-electron chi connectivity index (χ4n) is 18.4. The van der Waals surface area contributed by atoms with Gasteiger partial charge < -0.3 is 0 Å². The third-order valence-corrected chi connectivity index (χ3v) is 23.1. The summed E-state index contributed by atoms with van der Waals surface area (Å²) in [6, 6.07) is 142. The molecule has 0 fully saturated rings. The Bertz CT molecular complexity index is 5830. The van der Waals surface area contributed by atoms with Crippen LogP contribution in [-0.2, 0) is 10.8 Å². The summed E-state index contributed by atoms with van der Waals surface area (Å²) in [4.78, 5) is 21.5. The van der Waals surface area contributed by atoms with E-state index in [9.17, 15) is 0 Å². The van der Waals surface area contributed by atoms with Gasteiger partial charge in [0.15, 0.2) is 11.6 Å². The molecule has 2 aromatic heterocycles. The van der Waals surface area contributed by atoms with E-state index in [2.05, 4.69) is 376 Å². The van der Waals surface area contributed by atoms with Crippen molar-refractivity contribution < 1.29 is 0 Å². The summed E-state index contributed by atoms with van der Waals surface area (Å²) >= 11 is 0. The lowest BCUT2D eigenvalue weighted by Crippen LogP contribution is -2.28. The Morgan fingerprint density at radius 1 is 0.170 bits per heavy atom. The van der Waals surface area contributed by atoms with Crippen LogP contribution in [0.15, 0.2) is 388 Å². The zero-order chi connectivity index (χ0) is 69.9. The van der Waals surface area contributed by atoms with E-state index in [0.29, 0.717) is 11.6 Å². The number of hydrogen-bond acceptors (Lipinski definition) is 4. The molecule has 2 unspecified atom stereocenters. The zero-order valence-electron chi connectivity index (χ0n) is 57.9. The van der Waals surface area contributed by atoms with Crippen LogP contribution in [-0.4, -0.2) is 19.9 Å². The van der Waals surface area contributed by atoms with Crippen LogP contribution in [0.1, 0.15) is 89.7 Å². The molecule has 17 aromatic rings. The highest BCUT2D eigenvalue weighted by Gasteiger charge is 2.48. The van der Waals surface area contributed by atoms with E-state index in [1.165, 1.54) is 111 Å². The van der Waals surface area contributed by atoms with Crippen molar-refractivity contribution in [3.63, 3.8) is 0 Å². The third kappa shape index (κ3) is 9.54. The molecule has 0 saturated carbocycles. The molecule has 106 heavy (non-hydrogen) atoms. The first-order valence-corrected chi connectivity index (χ1v) is 36.7. The fourth-order valence-corrected chi connectivity index (χ4v) is 18.4. The summed E-state index contributed by atoms with van der Waals surface area (Å²) < 4.78 is 0. The van der Waals surface area contributed by atoms with E-state index in [0.717, 1.165) is 67.3 Å². The quantitative estimate of drug-likeness (QED) is 0.122. The molecular formula is C102H66N4. The minimum atomic E-state index is -0.449. The van der Waals surface area contributed by atoms with Crippen LogP contribution < -0.4 is 0 Å². The van der Waals surface area contributed by atoms with Gasteiger partial charge in [-0.25, -0.2) is 19.9 Å². The Labute approximate surface area is 617 Å². The molecule has 5 aliphatic carbocycles. The second-order valence-corrected chi connectivity index (χ2v) is 28.6. The van der Waals surface area contributed by atoms with Crippen molar-refractivity contribution in [3.8, 4) is 112 Å². The molecule has 0 amide bonds. The monoisotopic (exact) mass is 1350 g/mol. The maximum absolute atomic E-state index is 5.41. The number of fused-ring (bicyclic) bond motifs is 6. The number of nitrogens with zero attached hydrogens (tertiary/aromatic N) is 4. The number of benzene rings is 15. The van der Waals surface area contributed by atoms with Crippen LogP contribution in [0.3, 0.4) is 0 Å². The van der Waals surface area contributed by atoms with Crippen molar-refractivity contribution in [1.82, 2.24) is 19.9 Å². The van der Waals surface area contributed by atoms with Crippen molar-refractivity contribution in [2.24, 2.45) is 0 Å². The second-order valence-electron chi connectivity index (χ2n) is 28.6. The molecule has 15 aromatic carbocycles. The minimum Gasteiger partial charge on any atom is -0.228 e. The van der Waals surface area contributed by atoms with Gasteiger partial charge in [0.2, 0.25) is 0 Å². The molecule has 0 radical (unpaired) electrons. The summed E-state index contributed by atoms with van der Waals surface area (Å²) in [5, 5.41) is 0. The van der Waals surface area contributed by atoms with Crippen LogP contribution in [0.2, 0.25) is 0 Å². The first kappa shape index (κ1) is 61.2. The lowest BCUT2D eigenvalue weighted by atomic mass is 9.60. The fraction of sp³-hybridized carbons (Fsp3) is 0.0392. The number of hydrogen-bond donors (Lipinski definition) is 0. The zero-order valence-corrected chi connectivity index (χ0v) is 57.9. The van der Waals surface area contributed by atoms with E-state index in [-0.39, 0.29) is 11.8 Å². The van der Waals surface area contributed by atoms with Crippen LogP contribution >= 0.6 is 0 Å². The van der Waals surface area contributed by atoms with Gasteiger partial charge >= 0.3 is 0 Å². The highest BCUT2D eigenvalue weighted by atomic mass is 14.9. The van der Waals surface area contributed by atoms with Crippen molar-refractivity contribution in [3.05, 3.63) is 466 Å². The van der Waals surface area contributed by atoms with E-state index < -0.39 is 10.8 Å². The van der Waals surface area contributed by atoms with Crippen LogP contribution in [0.4, 0.5) is 0 Å². The van der Waals surface area contributed by atoms with E-state index in [1.807, 2.05) is 12.1 Å². The van der Waals surface area contributed by atoms with E-state index in [4.69, 9.17) is 19.9 Å². The molecule has 0 saturated heterocycles. The maximum atomic E-state index is 5.41. The van der Waals surface area contributed by atoms with Gasteiger partial charge in [-0.3, -0.25) is 0 Å². The van der Waals surface area contributed by atoms with Gasteiger partial charge in [0.25, 0.3) is 0 Å². The molecule has 4 heteroatoms. The average Bonchev–Trinajstić information content (AvgIpc) is 1.56. The largest absolute Gasteiger partial charge is 0.228 e. The van der Waals surface area contributed by atoms with Gasteiger partial charge in [-0.1, -0.05) is 352 Å². The smallest absolute Gasteiger partial charge is 0.160 e. The normalized spacial score (nSPS) is 14.8. The molecule has 2 heterocycles.